The van der Waals surface area contributed by atoms with Crippen molar-refractivity contribution in [1.29, 1.82) is 0 Å². The fourth-order valence-electron chi connectivity index (χ4n) is 0.898. The zero-order chi connectivity index (χ0) is 8.39. The number of nitrogens with two attached hydrogens (primary N) is 1. The Kier molecular flexibility index (Phi) is 2.18. The molecule has 64 valence electrons. The van der Waals surface area contributed by atoms with Gasteiger partial charge in [0.1, 0.15) is 0 Å². The monoisotopic (exact) mass is 184 g/mol. The molecule has 2 rings (SSSR count). The lowest BCUT2D eigenvalue weighted by atomic mass is 10.2. The summed E-state index contributed by atoms with van der Waals surface area (Å²) < 4.78 is 9.72. The van der Waals surface area contributed by atoms with Crippen LogP contribution in [-0.2, 0) is 15.1 Å². The van der Waals surface area contributed by atoms with E-state index in [4.69, 9.17) is 14.3 Å². The number of nitrogen functional groups attached to an aromatic ring is 1. The Morgan fingerprint density at radius 3 is 2.42 bits per heavy atom. The van der Waals surface area contributed by atoms with Gasteiger partial charge in [-0.15, -0.1) is 0 Å². The second kappa shape index (κ2) is 3.32. The number of rotatable bonds is 2. The lowest BCUT2D eigenvalue weighted by Crippen LogP contribution is -2.26. The first-order chi connectivity index (χ1) is 5.84. The minimum Gasteiger partial charge on any atom is -0.399 e. The molecule has 2 N–H and O–H groups in total. The van der Waals surface area contributed by atoms with Crippen molar-refractivity contribution in [1.82, 2.24) is 5.23 Å². The van der Waals surface area contributed by atoms with Crippen molar-refractivity contribution in [2.75, 3.05) is 5.73 Å². The van der Waals surface area contributed by atoms with E-state index in [9.17, 15) is 0 Å². The summed E-state index contributed by atoms with van der Waals surface area (Å²) in [6.07, 6.45) is 0. The molecule has 1 aromatic carbocycles. The highest BCUT2D eigenvalue weighted by Crippen LogP contribution is 2.25. The zero-order valence-corrected chi connectivity index (χ0v) is 7.08. The summed E-state index contributed by atoms with van der Waals surface area (Å²) in [5, 5.41) is 1.40. The van der Waals surface area contributed by atoms with Gasteiger partial charge in [0, 0.05) is 5.69 Å². The number of hydroxylamine groups is 2. The highest BCUT2D eigenvalue weighted by Gasteiger charge is 2.18. The number of nitrogens with zero attached hydrogens (tertiary/aromatic N) is 1. The molecule has 1 aromatic rings. The molecule has 0 atom stereocenters. The molecule has 0 saturated carbocycles. The van der Waals surface area contributed by atoms with Crippen LogP contribution in [0.15, 0.2) is 24.3 Å². The number of hydrogen-bond donors (Lipinski definition) is 1. The van der Waals surface area contributed by atoms with Gasteiger partial charge in [-0.1, -0.05) is 12.1 Å². The molecule has 4 nitrogen and oxygen atoms in total. The van der Waals surface area contributed by atoms with Crippen LogP contribution in [0, 0.1) is 0 Å². The van der Waals surface area contributed by atoms with Crippen molar-refractivity contribution < 1.29 is 8.57 Å². The standard InChI is InChI=1S/C7H8N2O2S/c8-7-3-1-6(2-4-7)5-9-10-12-11-9/h1-4H,5,8H2. The summed E-state index contributed by atoms with van der Waals surface area (Å²) in [5.74, 6) is 0. The van der Waals surface area contributed by atoms with Gasteiger partial charge in [-0.25, -0.2) is 0 Å². The average molecular weight is 184 g/mol. The molecule has 5 heteroatoms. The normalized spacial score (nSPS) is 17.3. The first-order valence-corrected chi connectivity index (χ1v) is 4.14. The van der Waals surface area contributed by atoms with Gasteiger partial charge in [0.25, 0.3) is 0 Å². The van der Waals surface area contributed by atoms with Gasteiger partial charge in [0.2, 0.25) is 12.3 Å². The molecule has 0 bridgehead atoms. The quantitative estimate of drug-likeness (QED) is 0.557. The maximum atomic E-state index is 5.52. The molecule has 0 aromatic heterocycles. The Morgan fingerprint density at radius 2 is 1.92 bits per heavy atom. The van der Waals surface area contributed by atoms with Crippen molar-refractivity contribution in [2.24, 2.45) is 0 Å². The fraction of sp³-hybridized carbons (Fsp3) is 0.143. The van der Waals surface area contributed by atoms with Gasteiger partial charge in [-0.2, -0.15) is 8.57 Å². The van der Waals surface area contributed by atoms with E-state index in [1.54, 1.807) is 0 Å². The van der Waals surface area contributed by atoms with Crippen LogP contribution in [0.4, 0.5) is 5.69 Å². The molecular weight excluding hydrogens is 176 g/mol. The minimum absolute atomic E-state index is 0.618. The van der Waals surface area contributed by atoms with E-state index in [0.717, 1.165) is 23.6 Å². The minimum atomic E-state index is 0.618. The Morgan fingerprint density at radius 1 is 1.25 bits per heavy atom. The molecule has 1 fully saturated rings. The van der Waals surface area contributed by atoms with E-state index in [0.29, 0.717) is 6.54 Å². The van der Waals surface area contributed by atoms with Crippen LogP contribution in [-0.4, -0.2) is 5.23 Å². The predicted molar refractivity (Wildman–Crippen MR) is 46.2 cm³/mol. The molecule has 1 aliphatic heterocycles. The van der Waals surface area contributed by atoms with Gasteiger partial charge in [0.05, 0.1) is 6.54 Å². The highest BCUT2D eigenvalue weighted by molar-refractivity contribution is 7.90. The van der Waals surface area contributed by atoms with Crippen molar-refractivity contribution in [3.63, 3.8) is 0 Å². The third-order valence-electron chi connectivity index (χ3n) is 1.52. The molecule has 0 aliphatic carbocycles. The van der Waals surface area contributed by atoms with Crippen LogP contribution in [0.2, 0.25) is 0 Å². The van der Waals surface area contributed by atoms with Crippen LogP contribution < -0.4 is 5.73 Å². The van der Waals surface area contributed by atoms with Crippen LogP contribution in [0.1, 0.15) is 5.56 Å². The largest absolute Gasteiger partial charge is 0.399 e. The third-order valence-corrected chi connectivity index (χ3v) is 1.97. The second-order valence-electron chi connectivity index (χ2n) is 2.45. The molecular formula is C7H8N2O2S. The summed E-state index contributed by atoms with van der Waals surface area (Å²) in [4.78, 5) is 0. The van der Waals surface area contributed by atoms with Crippen LogP contribution in [0.3, 0.4) is 0 Å². The lowest BCUT2D eigenvalue weighted by Gasteiger charge is -2.24. The van der Waals surface area contributed by atoms with Gasteiger partial charge in [0.15, 0.2) is 0 Å². The number of hydrogen-bond acceptors (Lipinski definition) is 5. The number of benzene rings is 1. The highest BCUT2D eigenvalue weighted by atomic mass is 32.2. The maximum Gasteiger partial charge on any atom is 0.203 e. The summed E-state index contributed by atoms with van der Waals surface area (Å²) >= 11 is 0.969. The Balaban J connectivity index is 1.98. The van der Waals surface area contributed by atoms with E-state index >= 15 is 0 Å². The molecule has 0 radical (unpaired) electrons. The van der Waals surface area contributed by atoms with Crippen LogP contribution in [0.5, 0.6) is 0 Å². The molecule has 0 spiro atoms. The summed E-state index contributed by atoms with van der Waals surface area (Å²) in [7, 11) is 0. The smallest absolute Gasteiger partial charge is 0.203 e. The second-order valence-corrected chi connectivity index (χ2v) is 2.88. The molecule has 1 saturated heterocycles. The van der Waals surface area contributed by atoms with Crippen molar-refractivity contribution in [2.45, 2.75) is 6.54 Å². The molecule has 0 amide bonds. The van der Waals surface area contributed by atoms with Crippen molar-refractivity contribution in [3.05, 3.63) is 29.8 Å². The molecule has 1 heterocycles. The number of anilines is 1. The van der Waals surface area contributed by atoms with Gasteiger partial charge in [-0.3, -0.25) is 0 Å². The van der Waals surface area contributed by atoms with Crippen LogP contribution >= 0.6 is 12.3 Å². The summed E-state index contributed by atoms with van der Waals surface area (Å²) in [6.45, 7) is 0.618. The maximum absolute atomic E-state index is 5.52. The van der Waals surface area contributed by atoms with Gasteiger partial charge < -0.3 is 5.73 Å². The Bertz CT molecular complexity index is 261. The van der Waals surface area contributed by atoms with E-state index in [1.165, 1.54) is 5.23 Å². The Labute approximate surface area is 74.6 Å². The van der Waals surface area contributed by atoms with Crippen LogP contribution in [0.25, 0.3) is 0 Å². The predicted octanol–water partition coefficient (Wildman–Crippen LogP) is 1.51. The van der Waals surface area contributed by atoms with E-state index in [1.807, 2.05) is 24.3 Å². The molecule has 0 unspecified atom stereocenters. The summed E-state index contributed by atoms with van der Waals surface area (Å²) in [5.41, 5.74) is 7.39. The van der Waals surface area contributed by atoms with Gasteiger partial charge in [-0.05, 0) is 22.9 Å². The average Bonchev–Trinajstić information content (AvgIpc) is 2.00. The Hall–Kier alpha value is -0.750. The SMILES string of the molecule is Nc1ccc(CN2OSO2)cc1. The summed E-state index contributed by atoms with van der Waals surface area (Å²) in [6, 6.07) is 7.57. The first kappa shape index (κ1) is 7.88. The lowest BCUT2D eigenvalue weighted by molar-refractivity contribution is -0.309. The molecule has 1 aliphatic rings. The van der Waals surface area contributed by atoms with Crippen molar-refractivity contribution >= 4 is 18.0 Å². The third kappa shape index (κ3) is 1.70. The first-order valence-electron chi connectivity index (χ1n) is 3.48. The fourth-order valence-corrected chi connectivity index (χ4v) is 1.15. The van der Waals surface area contributed by atoms with Gasteiger partial charge >= 0.3 is 0 Å². The zero-order valence-electron chi connectivity index (χ0n) is 6.27. The van der Waals surface area contributed by atoms with E-state index < -0.39 is 0 Å². The molecule has 12 heavy (non-hydrogen) atoms. The topological polar surface area (TPSA) is 47.7 Å². The van der Waals surface area contributed by atoms with E-state index in [2.05, 4.69) is 0 Å². The van der Waals surface area contributed by atoms with Crippen molar-refractivity contribution in [3.8, 4) is 0 Å². The van der Waals surface area contributed by atoms with E-state index in [-0.39, 0.29) is 0 Å².